The number of carbonyl (C=O) groups is 2. The third-order valence-electron chi connectivity index (χ3n) is 6.00. The molecule has 1 amide bonds. The van der Waals surface area contributed by atoms with Crippen molar-refractivity contribution >= 4 is 28.3 Å². The van der Waals surface area contributed by atoms with Gasteiger partial charge in [-0.25, -0.2) is 9.78 Å². The molecule has 2 aromatic carbocycles. The van der Waals surface area contributed by atoms with Gasteiger partial charge in [0.1, 0.15) is 17.2 Å². The van der Waals surface area contributed by atoms with E-state index in [-0.39, 0.29) is 30.9 Å². The second-order valence-corrected chi connectivity index (χ2v) is 9.73. The Labute approximate surface area is 219 Å². The zero-order chi connectivity index (χ0) is 26.4. The van der Waals surface area contributed by atoms with Crippen molar-refractivity contribution in [1.82, 2.24) is 4.98 Å². The van der Waals surface area contributed by atoms with Crippen molar-refractivity contribution in [3.05, 3.63) is 64.7 Å². The van der Waals surface area contributed by atoms with Gasteiger partial charge in [-0.05, 0) is 19.1 Å². The molecule has 1 N–H and O–H groups in total. The van der Waals surface area contributed by atoms with Gasteiger partial charge in [0.15, 0.2) is 17.6 Å². The van der Waals surface area contributed by atoms with Gasteiger partial charge in [-0.3, -0.25) is 4.79 Å². The quantitative estimate of drug-likeness (QED) is 0.206. The van der Waals surface area contributed by atoms with Gasteiger partial charge in [-0.15, -0.1) is 11.3 Å². The lowest BCUT2D eigenvalue weighted by atomic mass is 9.69. The number of esters is 1. The van der Waals surface area contributed by atoms with E-state index in [0.717, 1.165) is 11.1 Å². The van der Waals surface area contributed by atoms with E-state index >= 15 is 0 Å². The number of hydrogen-bond acceptors (Lipinski definition) is 9. The highest BCUT2D eigenvalue weighted by atomic mass is 32.1. The van der Waals surface area contributed by atoms with Crippen molar-refractivity contribution in [2.45, 2.75) is 26.7 Å². The Hall–Kier alpha value is -3.47. The van der Waals surface area contributed by atoms with Crippen LogP contribution in [0.15, 0.2) is 47.8 Å². The summed E-state index contributed by atoms with van der Waals surface area (Å²) < 4.78 is 27.3. The smallest absolute Gasteiger partial charge is 0.357 e. The molecule has 2 heterocycles. The second kappa shape index (κ2) is 11.7. The molecule has 1 aliphatic heterocycles. The van der Waals surface area contributed by atoms with Crippen molar-refractivity contribution in [3.8, 4) is 17.2 Å². The highest BCUT2D eigenvalue weighted by molar-refractivity contribution is 7.14. The normalized spacial score (nSPS) is 14.2. The summed E-state index contributed by atoms with van der Waals surface area (Å²) in [6.45, 7) is 6.73. The molecule has 1 aliphatic rings. The number of carbonyl (C=O) groups excluding carboxylic acids is 2. The first-order chi connectivity index (χ1) is 17.8. The zero-order valence-electron chi connectivity index (χ0n) is 21.2. The topological polar surface area (TPSA) is 105 Å². The Kier molecular flexibility index (Phi) is 8.42. The molecule has 1 aromatic heterocycles. The Morgan fingerprint density at radius 2 is 1.89 bits per heavy atom. The van der Waals surface area contributed by atoms with Gasteiger partial charge in [0.25, 0.3) is 0 Å². The zero-order valence-corrected chi connectivity index (χ0v) is 22.1. The third-order valence-corrected chi connectivity index (χ3v) is 6.76. The number of ether oxygens (including phenoxy) is 5. The molecule has 3 aromatic rings. The van der Waals surface area contributed by atoms with Crippen LogP contribution in [0.2, 0.25) is 0 Å². The van der Waals surface area contributed by atoms with Crippen LogP contribution in [0.5, 0.6) is 17.2 Å². The summed E-state index contributed by atoms with van der Waals surface area (Å²) in [5, 5.41) is 4.78. The van der Waals surface area contributed by atoms with Crippen molar-refractivity contribution < 1.29 is 33.3 Å². The fraction of sp³-hybridized carbons (Fsp3) is 0.370. The predicted octanol–water partition coefficient (Wildman–Crippen LogP) is 5.22. The largest absolute Gasteiger partial charge is 0.467 e. The maximum Gasteiger partial charge on any atom is 0.357 e. The lowest BCUT2D eigenvalue weighted by Crippen LogP contribution is -2.38. The lowest BCUT2D eigenvalue weighted by molar-refractivity contribution is -0.124. The number of fused-ring (bicyclic) bond motifs is 2. The summed E-state index contributed by atoms with van der Waals surface area (Å²) in [6, 6.07) is 13.2. The van der Waals surface area contributed by atoms with Gasteiger partial charge in [0.05, 0.1) is 25.2 Å². The Morgan fingerprint density at radius 3 is 2.68 bits per heavy atom. The minimum Gasteiger partial charge on any atom is -0.467 e. The van der Waals surface area contributed by atoms with Gasteiger partial charge in [0.2, 0.25) is 5.91 Å². The maximum atomic E-state index is 13.6. The molecule has 10 heteroatoms. The molecule has 0 bridgehead atoms. The number of methoxy groups -OCH3 is 1. The standard InChI is InChI=1S/C27H30N2O7S/c1-5-34-24(30)20-15-37-26(28-20)29-25(31)27(2,3)23-18-8-6-7-9-21(18)36-22-14-17(10-11-19(22)23)35-16-33-13-12-32-4/h6-11,14-15,23H,5,12-13,16H2,1-4H3,(H,28,29,31). The first kappa shape index (κ1) is 26.6. The second-order valence-electron chi connectivity index (χ2n) is 8.87. The number of para-hydroxylation sites is 1. The number of nitrogens with one attached hydrogen (secondary N) is 1. The monoisotopic (exact) mass is 526 g/mol. The Bertz CT molecular complexity index is 1260. The van der Waals surface area contributed by atoms with Crippen molar-refractivity contribution in [2.75, 3.05) is 39.0 Å². The highest BCUT2D eigenvalue weighted by Gasteiger charge is 2.43. The molecule has 1 unspecified atom stereocenters. The molecular formula is C27H30N2O7S. The fourth-order valence-corrected chi connectivity index (χ4v) is 4.81. The number of benzene rings is 2. The molecule has 0 saturated carbocycles. The molecule has 4 rings (SSSR count). The van der Waals surface area contributed by atoms with Crippen LogP contribution in [-0.2, 0) is 19.0 Å². The molecule has 0 aliphatic carbocycles. The number of amides is 1. The van der Waals surface area contributed by atoms with Crippen molar-refractivity contribution in [1.29, 1.82) is 0 Å². The maximum absolute atomic E-state index is 13.6. The van der Waals surface area contributed by atoms with Gasteiger partial charge in [0, 0.05) is 35.6 Å². The van der Waals surface area contributed by atoms with E-state index in [9.17, 15) is 9.59 Å². The van der Waals surface area contributed by atoms with Gasteiger partial charge in [-0.2, -0.15) is 0 Å². The Morgan fingerprint density at radius 1 is 1.11 bits per heavy atom. The highest BCUT2D eigenvalue weighted by Crippen LogP contribution is 2.52. The molecule has 0 saturated heterocycles. The summed E-state index contributed by atoms with van der Waals surface area (Å²) in [6.07, 6.45) is 0. The number of hydrogen-bond donors (Lipinski definition) is 1. The molecular weight excluding hydrogens is 496 g/mol. The van der Waals surface area contributed by atoms with Gasteiger partial charge >= 0.3 is 5.97 Å². The molecule has 0 fully saturated rings. The summed E-state index contributed by atoms with van der Waals surface area (Å²) in [5.74, 6) is 0.797. The van der Waals surface area contributed by atoms with Crippen molar-refractivity contribution in [3.63, 3.8) is 0 Å². The lowest BCUT2D eigenvalue weighted by Gasteiger charge is -2.38. The summed E-state index contributed by atoms with van der Waals surface area (Å²) >= 11 is 1.18. The van der Waals surface area contributed by atoms with Crippen LogP contribution in [0.25, 0.3) is 0 Å². The minimum atomic E-state index is -0.907. The van der Waals surface area contributed by atoms with E-state index in [1.165, 1.54) is 11.3 Å². The van der Waals surface area contributed by atoms with E-state index in [1.807, 2.05) is 50.2 Å². The predicted molar refractivity (Wildman–Crippen MR) is 139 cm³/mol. The SMILES string of the molecule is CCOC(=O)c1csc(NC(=O)C(C)(C)C2c3ccccc3Oc3cc(OCOCCOC)ccc32)n1. The molecule has 37 heavy (non-hydrogen) atoms. The summed E-state index contributed by atoms with van der Waals surface area (Å²) in [4.78, 5) is 29.8. The van der Waals surface area contributed by atoms with Crippen LogP contribution in [0.3, 0.4) is 0 Å². The first-order valence-electron chi connectivity index (χ1n) is 11.9. The van der Waals surface area contributed by atoms with Crippen molar-refractivity contribution in [2.24, 2.45) is 5.41 Å². The molecule has 0 radical (unpaired) electrons. The number of thiazole rings is 1. The van der Waals surface area contributed by atoms with E-state index in [2.05, 4.69) is 10.3 Å². The minimum absolute atomic E-state index is 0.0810. The third kappa shape index (κ3) is 5.93. The Balaban J connectivity index is 1.58. The summed E-state index contributed by atoms with van der Waals surface area (Å²) in [7, 11) is 1.61. The fourth-order valence-electron chi connectivity index (χ4n) is 4.14. The molecule has 1 atom stereocenters. The van der Waals surface area contributed by atoms with Gasteiger partial charge in [-0.1, -0.05) is 38.1 Å². The average Bonchev–Trinajstić information content (AvgIpc) is 3.35. The molecule has 9 nitrogen and oxygen atoms in total. The molecule has 0 spiro atoms. The van der Waals surface area contributed by atoms with Crippen LogP contribution in [0.1, 0.15) is 48.3 Å². The number of anilines is 1. The first-order valence-corrected chi connectivity index (χ1v) is 12.8. The van der Waals surface area contributed by atoms with Crippen LogP contribution >= 0.6 is 11.3 Å². The summed E-state index contributed by atoms with van der Waals surface area (Å²) in [5.41, 5.74) is 1.02. The van der Waals surface area contributed by atoms with Crippen LogP contribution in [0.4, 0.5) is 5.13 Å². The van der Waals surface area contributed by atoms with E-state index in [1.54, 1.807) is 25.5 Å². The number of aromatic nitrogens is 1. The van der Waals surface area contributed by atoms with Crippen LogP contribution in [-0.4, -0.2) is 50.6 Å². The van der Waals surface area contributed by atoms with E-state index < -0.39 is 11.4 Å². The number of nitrogens with zero attached hydrogens (tertiary/aromatic N) is 1. The van der Waals surface area contributed by atoms with Crippen LogP contribution in [0, 0.1) is 5.41 Å². The van der Waals surface area contributed by atoms with Crippen LogP contribution < -0.4 is 14.8 Å². The van der Waals surface area contributed by atoms with E-state index in [4.69, 9.17) is 23.7 Å². The van der Waals surface area contributed by atoms with Gasteiger partial charge < -0.3 is 29.0 Å². The number of rotatable bonds is 11. The average molecular weight is 527 g/mol. The molecule has 196 valence electrons. The van der Waals surface area contributed by atoms with E-state index in [0.29, 0.717) is 35.6 Å².